The fraction of sp³-hybridized carbons (Fsp3) is 0.440. The molecule has 1 aliphatic heterocycles. The van der Waals surface area contributed by atoms with E-state index in [-0.39, 0.29) is 17.8 Å². The van der Waals surface area contributed by atoms with Crippen LogP contribution in [-0.4, -0.2) is 38.3 Å². The number of fused-ring (bicyclic) bond motifs is 2. The second-order valence-electron chi connectivity index (χ2n) is 9.13. The molecule has 6 heteroatoms. The van der Waals surface area contributed by atoms with E-state index in [4.69, 9.17) is 0 Å². The average Bonchev–Trinajstić information content (AvgIpc) is 3.58. The van der Waals surface area contributed by atoms with Gasteiger partial charge in [-0.3, -0.25) is 18.8 Å². The van der Waals surface area contributed by atoms with E-state index in [1.807, 2.05) is 31.2 Å². The Bertz CT molecular complexity index is 1240. The molecular weight excluding hydrogens is 390 g/mol. The largest absolute Gasteiger partial charge is 0.390 e. The van der Waals surface area contributed by atoms with Gasteiger partial charge >= 0.3 is 5.69 Å². The van der Waals surface area contributed by atoms with Crippen molar-refractivity contribution in [2.75, 3.05) is 13.1 Å². The lowest BCUT2D eigenvalue weighted by Gasteiger charge is -2.30. The van der Waals surface area contributed by atoms with Crippen LogP contribution in [0.3, 0.4) is 0 Å². The Morgan fingerprint density at radius 2 is 1.77 bits per heavy atom. The Morgan fingerprint density at radius 1 is 1.00 bits per heavy atom. The summed E-state index contributed by atoms with van der Waals surface area (Å²) in [5.74, 6) is 0.505. The molecule has 0 saturated heterocycles. The summed E-state index contributed by atoms with van der Waals surface area (Å²) >= 11 is 0. The Hall–Kier alpha value is -2.70. The molecule has 3 aromatic rings. The van der Waals surface area contributed by atoms with Crippen LogP contribution in [0.4, 0.5) is 0 Å². The maximum Gasteiger partial charge on any atom is 0.331 e. The van der Waals surface area contributed by atoms with E-state index in [2.05, 4.69) is 23.1 Å². The zero-order chi connectivity index (χ0) is 21.5. The molecular formula is C25H29N3O3. The van der Waals surface area contributed by atoms with E-state index >= 15 is 0 Å². The number of benzene rings is 2. The highest BCUT2D eigenvalue weighted by Gasteiger charge is 2.26. The zero-order valence-corrected chi connectivity index (χ0v) is 18.0. The quantitative estimate of drug-likeness (QED) is 0.666. The second-order valence-corrected chi connectivity index (χ2v) is 9.13. The molecule has 162 valence electrons. The van der Waals surface area contributed by atoms with Gasteiger partial charge in [-0.25, -0.2) is 4.79 Å². The van der Waals surface area contributed by atoms with Crippen molar-refractivity contribution in [2.24, 2.45) is 5.92 Å². The normalized spacial score (nSPS) is 17.6. The van der Waals surface area contributed by atoms with Crippen LogP contribution in [0.5, 0.6) is 0 Å². The molecule has 1 saturated carbocycles. The third-order valence-electron chi connectivity index (χ3n) is 6.67. The number of hydrogen-bond donors (Lipinski definition) is 1. The summed E-state index contributed by atoms with van der Waals surface area (Å²) in [6.45, 7) is 4.65. The predicted octanol–water partition coefficient (Wildman–Crippen LogP) is 2.30. The third-order valence-corrected chi connectivity index (χ3v) is 6.67. The summed E-state index contributed by atoms with van der Waals surface area (Å²) in [4.78, 5) is 28.7. The van der Waals surface area contributed by atoms with Crippen LogP contribution >= 0.6 is 0 Å². The number of nitrogens with zero attached hydrogens (tertiary/aromatic N) is 3. The van der Waals surface area contributed by atoms with E-state index in [0.29, 0.717) is 29.9 Å². The molecule has 1 aliphatic carbocycles. The van der Waals surface area contributed by atoms with Gasteiger partial charge in [0.05, 0.1) is 23.6 Å². The lowest BCUT2D eigenvalue weighted by atomic mass is 10.00. The first-order chi connectivity index (χ1) is 15.0. The standard InChI is InChI=1S/C25H29N3O3/c1-17-5-4-8-22-23(17)24(30)28(25(31)27(22)13-18-9-10-18)16-21(29)15-26-12-11-19-6-2-3-7-20(19)14-26/h2-8,18,21,29H,9-16H2,1H3. The zero-order valence-electron chi connectivity index (χ0n) is 18.0. The number of aryl methyl sites for hydroxylation is 1. The first-order valence-corrected chi connectivity index (χ1v) is 11.2. The van der Waals surface area contributed by atoms with Gasteiger partial charge in [0.15, 0.2) is 0 Å². The van der Waals surface area contributed by atoms with Crippen molar-refractivity contribution in [3.63, 3.8) is 0 Å². The summed E-state index contributed by atoms with van der Waals surface area (Å²) < 4.78 is 2.99. The summed E-state index contributed by atoms with van der Waals surface area (Å²) in [7, 11) is 0. The average molecular weight is 420 g/mol. The first kappa shape index (κ1) is 20.2. The van der Waals surface area contributed by atoms with Crippen LogP contribution < -0.4 is 11.2 Å². The molecule has 0 amide bonds. The van der Waals surface area contributed by atoms with Crippen LogP contribution in [0.25, 0.3) is 10.9 Å². The van der Waals surface area contributed by atoms with Crippen LogP contribution in [0, 0.1) is 12.8 Å². The molecule has 2 aromatic carbocycles. The molecule has 1 fully saturated rings. The lowest BCUT2D eigenvalue weighted by Crippen LogP contribution is -2.45. The van der Waals surface area contributed by atoms with Gasteiger partial charge in [-0.15, -0.1) is 0 Å². The van der Waals surface area contributed by atoms with E-state index in [1.165, 1.54) is 15.7 Å². The number of β-amino-alcohol motifs (C(OH)–C–C–N with tert-alkyl or cyclic N) is 1. The molecule has 0 spiro atoms. The predicted molar refractivity (Wildman–Crippen MR) is 121 cm³/mol. The van der Waals surface area contributed by atoms with E-state index in [9.17, 15) is 14.7 Å². The Balaban J connectivity index is 1.43. The molecule has 2 aliphatic rings. The third kappa shape index (κ3) is 3.98. The molecule has 5 rings (SSSR count). The number of aliphatic hydroxyl groups excluding tert-OH is 1. The van der Waals surface area contributed by atoms with Crippen molar-refractivity contribution >= 4 is 10.9 Å². The van der Waals surface area contributed by atoms with Crippen LogP contribution in [-0.2, 0) is 26.1 Å². The van der Waals surface area contributed by atoms with Crippen molar-refractivity contribution in [3.05, 3.63) is 80.0 Å². The van der Waals surface area contributed by atoms with Gasteiger partial charge in [0, 0.05) is 26.2 Å². The second kappa shape index (κ2) is 8.09. The Labute approximate surface area is 181 Å². The summed E-state index contributed by atoms with van der Waals surface area (Å²) in [5, 5.41) is 11.4. The number of hydrogen-bond acceptors (Lipinski definition) is 4. The molecule has 0 radical (unpaired) electrons. The highest BCUT2D eigenvalue weighted by Crippen LogP contribution is 2.31. The van der Waals surface area contributed by atoms with E-state index < -0.39 is 6.10 Å². The highest BCUT2D eigenvalue weighted by atomic mass is 16.3. The van der Waals surface area contributed by atoms with Crippen LogP contribution in [0.1, 0.15) is 29.5 Å². The molecule has 0 bridgehead atoms. The SMILES string of the molecule is Cc1cccc2c1c(=O)n(CC(O)CN1CCc3ccccc3C1)c(=O)n2CC1CC1. The topological polar surface area (TPSA) is 67.5 Å². The minimum Gasteiger partial charge on any atom is -0.390 e. The van der Waals surface area contributed by atoms with Gasteiger partial charge in [-0.05, 0) is 54.9 Å². The smallest absolute Gasteiger partial charge is 0.331 e. The fourth-order valence-electron chi connectivity index (χ4n) is 4.80. The van der Waals surface area contributed by atoms with Gasteiger partial charge in [0.2, 0.25) is 0 Å². The monoisotopic (exact) mass is 419 g/mol. The highest BCUT2D eigenvalue weighted by molar-refractivity contribution is 5.81. The summed E-state index contributed by atoms with van der Waals surface area (Å²) in [6, 6.07) is 14.0. The van der Waals surface area contributed by atoms with Crippen molar-refractivity contribution in [3.8, 4) is 0 Å². The molecule has 1 aromatic heterocycles. The van der Waals surface area contributed by atoms with Crippen molar-refractivity contribution < 1.29 is 5.11 Å². The van der Waals surface area contributed by atoms with Gasteiger partial charge in [0.1, 0.15) is 0 Å². The molecule has 6 nitrogen and oxygen atoms in total. The van der Waals surface area contributed by atoms with Gasteiger partial charge in [0.25, 0.3) is 5.56 Å². The van der Waals surface area contributed by atoms with Gasteiger partial charge < -0.3 is 5.11 Å². The molecule has 2 heterocycles. The van der Waals surface area contributed by atoms with Crippen LogP contribution in [0.15, 0.2) is 52.1 Å². The minimum absolute atomic E-state index is 0.0186. The maximum absolute atomic E-state index is 13.3. The number of aromatic nitrogens is 2. The lowest BCUT2D eigenvalue weighted by molar-refractivity contribution is 0.0896. The Morgan fingerprint density at radius 3 is 2.55 bits per heavy atom. The first-order valence-electron chi connectivity index (χ1n) is 11.2. The van der Waals surface area contributed by atoms with Crippen molar-refractivity contribution in [1.29, 1.82) is 0 Å². The fourth-order valence-corrected chi connectivity index (χ4v) is 4.80. The molecule has 1 atom stereocenters. The summed E-state index contributed by atoms with van der Waals surface area (Å²) in [6.07, 6.45) is 2.41. The van der Waals surface area contributed by atoms with E-state index in [1.54, 1.807) is 4.57 Å². The van der Waals surface area contributed by atoms with Crippen molar-refractivity contribution in [1.82, 2.24) is 14.0 Å². The molecule has 31 heavy (non-hydrogen) atoms. The Kier molecular flexibility index (Phi) is 5.28. The molecule has 1 unspecified atom stereocenters. The van der Waals surface area contributed by atoms with Crippen molar-refractivity contribution in [2.45, 2.75) is 51.9 Å². The maximum atomic E-state index is 13.3. The van der Waals surface area contributed by atoms with E-state index in [0.717, 1.165) is 37.9 Å². The molecule has 1 N–H and O–H groups in total. The summed E-state index contributed by atoms with van der Waals surface area (Å²) in [5.41, 5.74) is 3.61. The number of aliphatic hydroxyl groups is 1. The van der Waals surface area contributed by atoms with Crippen LogP contribution in [0.2, 0.25) is 0 Å². The number of rotatable bonds is 6. The minimum atomic E-state index is -0.786. The van der Waals surface area contributed by atoms with Gasteiger partial charge in [-0.2, -0.15) is 0 Å². The van der Waals surface area contributed by atoms with Gasteiger partial charge in [-0.1, -0.05) is 36.4 Å².